The van der Waals surface area contributed by atoms with Crippen LogP contribution in [0.4, 0.5) is 5.69 Å². The van der Waals surface area contributed by atoms with Crippen LogP contribution in [-0.2, 0) is 9.47 Å². The van der Waals surface area contributed by atoms with Gasteiger partial charge in [0.2, 0.25) is 0 Å². The van der Waals surface area contributed by atoms with E-state index in [1.807, 2.05) is 0 Å². The molecule has 0 aromatic heterocycles. The van der Waals surface area contributed by atoms with E-state index >= 15 is 0 Å². The average Bonchev–Trinajstić information content (AvgIpc) is 2.49. The van der Waals surface area contributed by atoms with Gasteiger partial charge in [-0.25, -0.2) is 0 Å². The number of nitro benzene ring substituents is 1. The van der Waals surface area contributed by atoms with Crippen LogP contribution in [0.2, 0.25) is 0 Å². The van der Waals surface area contributed by atoms with Gasteiger partial charge in [-0.1, -0.05) is 19.8 Å². The number of non-ortho nitro benzene ring substituents is 1. The van der Waals surface area contributed by atoms with Crippen LogP contribution in [0.25, 0.3) is 0 Å². The predicted molar refractivity (Wildman–Crippen MR) is 79.8 cm³/mol. The van der Waals surface area contributed by atoms with E-state index in [0.717, 1.165) is 13.0 Å². The van der Waals surface area contributed by atoms with Gasteiger partial charge in [-0.15, -0.1) is 0 Å². The number of nitrogens with zero attached hydrogens (tertiary/aromatic N) is 1. The largest absolute Gasteiger partial charge is 0.491 e. The lowest BCUT2D eigenvalue weighted by molar-refractivity contribution is -0.384. The number of ether oxygens (including phenoxy) is 3. The van der Waals surface area contributed by atoms with Gasteiger partial charge in [0, 0.05) is 18.7 Å². The molecule has 0 unspecified atom stereocenters. The smallest absolute Gasteiger partial charge is 0.269 e. The van der Waals surface area contributed by atoms with Gasteiger partial charge >= 0.3 is 0 Å². The van der Waals surface area contributed by atoms with Crippen LogP contribution in [0.5, 0.6) is 5.75 Å². The molecular formula is C15H23NO5. The summed E-state index contributed by atoms with van der Waals surface area (Å²) in [6.07, 6.45) is 3.49. The lowest BCUT2D eigenvalue weighted by Crippen LogP contribution is -2.11. The Morgan fingerprint density at radius 1 is 0.952 bits per heavy atom. The molecule has 0 radical (unpaired) electrons. The van der Waals surface area contributed by atoms with Gasteiger partial charge in [0.25, 0.3) is 5.69 Å². The van der Waals surface area contributed by atoms with Crippen molar-refractivity contribution in [2.24, 2.45) is 0 Å². The van der Waals surface area contributed by atoms with E-state index in [2.05, 4.69) is 6.92 Å². The van der Waals surface area contributed by atoms with Crippen molar-refractivity contribution < 1.29 is 19.1 Å². The van der Waals surface area contributed by atoms with E-state index in [1.54, 1.807) is 12.1 Å². The SMILES string of the molecule is CCCCCOCCOCCOc1ccc([N+](=O)[O-])cc1. The van der Waals surface area contributed by atoms with Crippen molar-refractivity contribution >= 4 is 5.69 Å². The van der Waals surface area contributed by atoms with Crippen molar-refractivity contribution in [2.75, 3.05) is 33.0 Å². The molecule has 1 aromatic rings. The number of benzene rings is 1. The molecule has 0 heterocycles. The molecule has 0 N–H and O–H groups in total. The molecule has 0 fully saturated rings. The van der Waals surface area contributed by atoms with Crippen LogP contribution in [0.1, 0.15) is 26.2 Å². The Kier molecular flexibility index (Phi) is 9.15. The second-order valence-corrected chi connectivity index (χ2v) is 4.53. The van der Waals surface area contributed by atoms with Crippen molar-refractivity contribution in [1.29, 1.82) is 0 Å². The Bertz CT molecular complexity index is 394. The molecule has 0 amide bonds. The molecule has 6 nitrogen and oxygen atoms in total. The molecule has 0 aliphatic carbocycles. The standard InChI is InChI=1S/C15H23NO5/c1-2-3-4-9-19-10-11-20-12-13-21-15-7-5-14(6-8-15)16(17)18/h5-8H,2-4,9-13H2,1H3. The van der Waals surface area contributed by atoms with E-state index in [0.29, 0.717) is 32.2 Å². The summed E-state index contributed by atoms with van der Waals surface area (Å²) in [5.74, 6) is 0.597. The summed E-state index contributed by atoms with van der Waals surface area (Å²) in [7, 11) is 0. The number of rotatable bonds is 12. The summed E-state index contributed by atoms with van der Waals surface area (Å²) in [5.41, 5.74) is 0.0545. The summed E-state index contributed by atoms with van der Waals surface area (Å²) in [5, 5.41) is 10.5. The van der Waals surface area contributed by atoms with Gasteiger partial charge < -0.3 is 14.2 Å². The van der Waals surface area contributed by atoms with Gasteiger partial charge in [0.15, 0.2) is 0 Å². The van der Waals surface area contributed by atoms with Crippen molar-refractivity contribution in [2.45, 2.75) is 26.2 Å². The zero-order valence-corrected chi connectivity index (χ0v) is 12.5. The first-order valence-electron chi connectivity index (χ1n) is 7.26. The number of hydrogen-bond acceptors (Lipinski definition) is 5. The van der Waals surface area contributed by atoms with E-state index in [-0.39, 0.29) is 5.69 Å². The topological polar surface area (TPSA) is 70.8 Å². The van der Waals surface area contributed by atoms with Crippen LogP contribution in [0, 0.1) is 10.1 Å². The minimum Gasteiger partial charge on any atom is -0.491 e. The Morgan fingerprint density at radius 3 is 2.19 bits per heavy atom. The highest BCUT2D eigenvalue weighted by Gasteiger charge is 2.03. The van der Waals surface area contributed by atoms with Gasteiger partial charge in [-0.3, -0.25) is 10.1 Å². The lowest BCUT2D eigenvalue weighted by Gasteiger charge is -2.07. The molecule has 1 rings (SSSR count). The monoisotopic (exact) mass is 297 g/mol. The Morgan fingerprint density at radius 2 is 1.57 bits per heavy atom. The van der Waals surface area contributed by atoms with Gasteiger partial charge in [0.1, 0.15) is 12.4 Å². The third-order valence-electron chi connectivity index (χ3n) is 2.81. The first-order valence-corrected chi connectivity index (χ1v) is 7.26. The fourth-order valence-corrected chi connectivity index (χ4v) is 1.66. The Labute approximate surface area is 125 Å². The molecule has 0 atom stereocenters. The second-order valence-electron chi connectivity index (χ2n) is 4.53. The summed E-state index contributed by atoms with van der Waals surface area (Å²) in [6, 6.07) is 5.99. The Hall–Kier alpha value is -1.66. The molecule has 6 heteroatoms. The molecule has 0 saturated heterocycles. The van der Waals surface area contributed by atoms with Crippen LogP contribution < -0.4 is 4.74 Å². The third-order valence-corrected chi connectivity index (χ3v) is 2.81. The number of unbranched alkanes of at least 4 members (excludes halogenated alkanes) is 2. The zero-order chi connectivity index (χ0) is 15.3. The van der Waals surface area contributed by atoms with Crippen LogP contribution in [-0.4, -0.2) is 38.0 Å². The van der Waals surface area contributed by atoms with Crippen LogP contribution in [0.15, 0.2) is 24.3 Å². The van der Waals surface area contributed by atoms with Gasteiger partial charge in [0.05, 0.1) is 24.7 Å². The highest BCUT2D eigenvalue weighted by molar-refractivity contribution is 5.35. The molecule has 0 saturated carbocycles. The average molecular weight is 297 g/mol. The maximum absolute atomic E-state index is 10.5. The molecule has 0 spiro atoms. The number of nitro groups is 1. The van der Waals surface area contributed by atoms with Crippen molar-refractivity contribution in [1.82, 2.24) is 0 Å². The highest BCUT2D eigenvalue weighted by Crippen LogP contribution is 2.16. The number of hydrogen-bond donors (Lipinski definition) is 0. The maximum Gasteiger partial charge on any atom is 0.269 e. The molecular weight excluding hydrogens is 274 g/mol. The molecule has 1 aromatic carbocycles. The first-order chi connectivity index (χ1) is 10.2. The molecule has 21 heavy (non-hydrogen) atoms. The van der Waals surface area contributed by atoms with Crippen LogP contribution >= 0.6 is 0 Å². The van der Waals surface area contributed by atoms with E-state index in [1.165, 1.54) is 25.0 Å². The fraction of sp³-hybridized carbons (Fsp3) is 0.600. The first kappa shape index (κ1) is 17.4. The van der Waals surface area contributed by atoms with E-state index < -0.39 is 4.92 Å². The predicted octanol–water partition coefficient (Wildman–Crippen LogP) is 3.20. The lowest BCUT2D eigenvalue weighted by atomic mass is 10.3. The van der Waals surface area contributed by atoms with E-state index in [4.69, 9.17) is 14.2 Å². The normalized spacial score (nSPS) is 10.5. The van der Waals surface area contributed by atoms with Crippen molar-refractivity contribution in [3.05, 3.63) is 34.4 Å². The Balaban J connectivity index is 1.98. The second kappa shape index (κ2) is 11.0. The summed E-state index contributed by atoms with van der Waals surface area (Å²) in [4.78, 5) is 10.1. The summed E-state index contributed by atoms with van der Waals surface area (Å²) < 4.78 is 16.2. The quantitative estimate of drug-likeness (QED) is 0.336. The van der Waals surface area contributed by atoms with Crippen molar-refractivity contribution in [3.63, 3.8) is 0 Å². The maximum atomic E-state index is 10.5. The molecule has 0 bridgehead atoms. The van der Waals surface area contributed by atoms with E-state index in [9.17, 15) is 10.1 Å². The highest BCUT2D eigenvalue weighted by atomic mass is 16.6. The van der Waals surface area contributed by atoms with Gasteiger partial charge in [-0.05, 0) is 18.6 Å². The summed E-state index contributed by atoms with van der Waals surface area (Å²) >= 11 is 0. The zero-order valence-electron chi connectivity index (χ0n) is 12.5. The van der Waals surface area contributed by atoms with Crippen LogP contribution in [0.3, 0.4) is 0 Å². The molecule has 0 aliphatic heterocycles. The molecule has 0 aliphatic rings. The molecule has 118 valence electrons. The minimum atomic E-state index is -0.437. The van der Waals surface area contributed by atoms with Crippen molar-refractivity contribution in [3.8, 4) is 5.75 Å². The minimum absolute atomic E-state index is 0.0545. The fourth-order valence-electron chi connectivity index (χ4n) is 1.66. The third kappa shape index (κ3) is 8.27. The summed E-state index contributed by atoms with van der Waals surface area (Å²) in [6.45, 7) is 4.98. The van der Waals surface area contributed by atoms with Gasteiger partial charge in [-0.2, -0.15) is 0 Å².